The maximum atomic E-state index is 5.92. The van der Waals surface area contributed by atoms with Crippen molar-refractivity contribution in [3.05, 3.63) is 23.3 Å². The number of nitrogens with two attached hydrogens (primary N) is 1. The van der Waals surface area contributed by atoms with Crippen molar-refractivity contribution in [1.82, 2.24) is 5.16 Å². The third kappa shape index (κ3) is 2.58. The van der Waals surface area contributed by atoms with Crippen LogP contribution in [-0.4, -0.2) is 5.16 Å². The van der Waals surface area contributed by atoms with Gasteiger partial charge in [0.2, 0.25) is 0 Å². The van der Waals surface area contributed by atoms with Gasteiger partial charge < -0.3 is 10.3 Å². The fraction of sp³-hybridized carbons (Fsp3) is 0.500. The third-order valence-electron chi connectivity index (χ3n) is 3.53. The summed E-state index contributed by atoms with van der Waals surface area (Å²) in [7, 11) is 0. The van der Waals surface area contributed by atoms with Crippen LogP contribution in [0.2, 0.25) is 0 Å². The molecular formula is C14H20N2OS. The Morgan fingerprint density at radius 3 is 2.72 bits per heavy atom. The molecule has 0 aliphatic rings. The molecule has 0 aromatic carbocycles. The molecular weight excluding hydrogens is 244 g/mol. The highest BCUT2D eigenvalue weighted by molar-refractivity contribution is 7.13. The SMILES string of the molecule is CC(Cc1onc(N)c1-c1cccs1)C(C)(C)C. The van der Waals surface area contributed by atoms with Gasteiger partial charge in [0.15, 0.2) is 5.82 Å². The zero-order valence-electron chi connectivity index (χ0n) is 11.4. The summed E-state index contributed by atoms with van der Waals surface area (Å²) in [6.07, 6.45) is 0.862. The van der Waals surface area contributed by atoms with Crippen LogP contribution in [0.4, 0.5) is 5.82 Å². The van der Waals surface area contributed by atoms with Crippen molar-refractivity contribution in [2.75, 3.05) is 5.73 Å². The summed E-state index contributed by atoms with van der Waals surface area (Å²) in [5.74, 6) is 1.90. The zero-order valence-corrected chi connectivity index (χ0v) is 12.2. The number of thiophene rings is 1. The molecule has 0 radical (unpaired) electrons. The molecule has 0 bridgehead atoms. The van der Waals surface area contributed by atoms with E-state index in [4.69, 9.17) is 10.3 Å². The average molecular weight is 264 g/mol. The smallest absolute Gasteiger partial charge is 0.175 e. The van der Waals surface area contributed by atoms with Gasteiger partial charge >= 0.3 is 0 Å². The van der Waals surface area contributed by atoms with Crippen molar-refractivity contribution in [2.24, 2.45) is 11.3 Å². The first-order chi connectivity index (χ1) is 8.39. The largest absolute Gasteiger partial charge is 0.380 e. The Balaban J connectivity index is 2.31. The third-order valence-corrected chi connectivity index (χ3v) is 4.41. The minimum Gasteiger partial charge on any atom is -0.380 e. The standard InChI is InChI=1S/C14H20N2OS/c1-9(14(2,3)4)8-10-12(13(15)16-17-10)11-6-5-7-18-11/h5-7,9H,8H2,1-4H3,(H2,15,16). The van der Waals surface area contributed by atoms with Gasteiger partial charge in [0.25, 0.3) is 0 Å². The van der Waals surface area contributed by atoms with E-state index in [0.29, 0.717) is 11.7 Å². The summed E-state index contributed by atoms with van der Waals surface area (Å²) in [6, 6.07) is 4.07. The summed E-state index contributed by atoms with van der Waals surface area (Å²) in [4.78, 5) is 1.13. The van der Waals surface area contributed by atoms with E-state index in [1.807, 2.05) is 11.4 Å². The van der Waals surface area contributed by atoms with E-state index in [-0.39, 0.29) is 5.41 Å². The monoisotopic (exact) mass is 264 g/mol. The van der Waals surface area contributed by atoms with Crippen molar-refractivity contribution in [2.45, 2.75) is 34.1 Å². The Kier molecular flexibility index (Phi) is 3.48. The molecule has 2 aromatic heterocycles. The van der Waals surface area contributed by atoms with Gasteiger partial charge in [0.1, 0.15) is 5.76 Å². The second kappa shape index (κ2) is 4.76. The number of nitrogen functional groups attached to an aromatic ring is 1. The van der Waals surface area contributed by atoms with E-state index in [1.165, 1.54) is 0 Å². The summed E-state index contributed by atoms with van der Waals surface area (Å²) in [6.45, 7) is 8.95. The molecule has 2 aromatic rings. The van der Waals surface area contributed by atoms with Crippen molar-refractivity contribution >= 4 is 17.2 Å². The van der Waals surface area contributed by atoms with Crippen LogP contribution in [0.15, 0.2) is 22.0 Å². The summed E-state index contributed by atoms with van der Waals surface area (Å²) >= 11 is 1.66. The fourth-order valence-electron chi connectivity index (χ4n) is 1.75. The number of anilines is 1. The van der Waals surface area contributed by atoms with Crippen LogP contribution in [0.25, 0.3) is 10.4 Å². The van der Waals surface area contributed by atoms with E-state index in [1.54, 1.807) is 11.3 Å². The Morgan fingerprint density at radius 1 is 1.44 bits per heavy atom. The van der Waals surface area contributed by atoms with Crippen LogP contribution in [0.1, 0.15) is 33.5 Å². The molecule has 4 heteroatoms. The van der Waals surface area contributed by atoms with Crippen molar-refractivity contribution in [1.29, 1.82) is 0 Å². The predicted octanol–water partition coefficient (Wildman–Crippen LogP) is 4.21. The highest BCUT2D eigenvalue weighted by atomic mass is 32.1. The minimum absolute atomic E-state index is 0.244. The molecule has 0 fully saturated rings. The van der Waals surface area contributed by atoms with Gasteiger partial charge in [-0.15, -0.1) is 11.3 Å². The van der Waals surface area contributed by atoms with Gasteiger partial charge in [-0.05, 0) is 22.8 Å². The number of hydrogen-bond acceptors (Lipinski definition) is 4. The predicted molar refractivity (Wildman–Crippen MR) is 76.6 cm³/mol. The van der Waals surface area contributed by atoms with Crippen LogP contribution in [-0.2, 0) is 6.42 Å². The number of hydrogen-bond donors (Lipinski definition) is 1. The quantitative estimate of drug-likeness (QED) is 0.903. The first kappa shape index (κ1) is 13.1. The van der Waals surface area contributed by atoms with E-state index in [9.17, 15) is 0 Å². The summed E-state index contributed by atoms with van der Waals surface area (Å²) < 4.78 is 5.42. The molecule has 0 spiro atoms. The molecule has 0 saturated carbocycles. The first-order valence-corrected chi connectivity index (χ1v) is 7.05. The van der Waals surface area contributed by atoms with E-state index in [2.05, 4.69) is 38.9 Å². The molecule has 0 aliphatic carbocycles. The topological polar surface area (TPSA) is 52.0 Å². The lowest BCUT2D eigenvalue weighted by atomic mass is 9.79. The highest BCUT2D eigenvalue weighted by Crippen LogP contribution is 2.36. The molecule has 98 valence electrons. The molecule has 0 amide bonds. The molecule has 1 unspecified atom stereocenters. The molecule has 2 heterocycles. The molecule has 1 atom stereocenters. The average Bonchev–Trinajstić information content (AvgIpc) is 2.86. The number of aromatic nitrogens is 1. The fourth-order valence-corrected chi connectivity index (χ4v) is 2.54. The zero-order chi connectivity index (χ0) is 13.3. The van der Waals surface area contributed by atoms with Crippen LogP contribution >= 0.6 is 11.3 Å². The first-order valence-electron chi connectivity index (χ1n) is 6.17. The van der Waals surface area contributed by atoms with Crippen LogP contribution in [0, 0.1) is 11.3 Å². The summed E-state index contributed by atoms with van der Waals surface area (Å²) in [5, 5.41) is 5.96. The van der Waals surface area contributed by atoms with Gasteiger partial charge in [-0.25, -0.2) is 0 Å². The molecule has 3 nitrogen and oxygen atoms in total. The second-order valence-electron chi connectivity index (χ2n) is 5.81. The summed E-state index contributed by atoms with van der Waals surface area (Å²) in [5.41, 5.74) is 7.14. The lowest BCUT2D eigenvalue weighted by molar-refractivity contribution is 0.240. The Morgan fingerprint density at radius 2 is 2.17 bits per heavy atom. The Bertz CT molecular complexity index is 508. The Labute approximate surface area is 112 Å². The number of rotatable bonds is 3. The lowest BCUT2D eigenvalue weighted by Crippen LogP contribution is -2.19. The van der Waals surface area contributed by atoms with Crippen LogP contribution < -0.4 is 5.73 Å². The maximum Gasteiger partial charge on any atom is 0.175 e. The molecule has 2 rings (SSSR count). The van der Waals surface area contributed by atoms with Gasteiger partial charge in [0.05, 0.1) is 5.56 Å². The van der Waals surface area contributed by atoms with Crippen molar-refractivity contribution in [3.63, 3.8) is 0 Å². The second-order valence-corrected chi connectivity index (χ2v) is 6.76. The van der Waals surface area contributed by atoms with E-state index >= 15 is 0 Å². The van der Waals surface area contributed by atoms with Crippen LogP contribution in [0.3, 0.4) is 0 Å². The van der Waals surface area contributed by atoms with E-state index < -0.39 is 0 Å². The van der Waals surface area contributed by atoms with Gasteiger partial charge in [0, 0.05) is 11.3 Å². The highest BCUT2D eigenvalue weighted by Gasteiger charge is 2.25. The normalized spacial score (nSPS) is 13.8. The van der Waals surface area contributed by atoms with Crippen molar-refractivity contribution < 1.29 is 4.52 Å². The maximum absolute atomic E-state index is 5.92. The Hall–Kier alpha value is -1.29. The molecule has 18 heavy (non-hydrogen) atoms. The molecule has 2 N–H and O–H groups in total. The van der Waals surface area contributed by atoms with E-state index in [0.717, 1.165) is 22.6 Å². The van der Waals surface area contributed by atoms with Crippen LogP contribution in [0.5, 0.6) is 0 Å². The van der Waals surface area contributed by atoms with Gasteiger partial charge in [-0.2, -0.15) is 0 Å². The lowest BCUT2D eigenvalue weighted by Gasteiger charge is -2.26. The number of nitrogens with zero attached hydrogens (tertiary/aromatic N) is 1. The van der Waals surface area contributed by atoms with Crippen molar-refractivity contribution in [3.8, 4) is 10.4 Å². The van der Waals surface area contributed by atoms with Gasteiger partial charge in [-0.1, -0.05) is 38.9 Å². The minimum atomic E-state index is 0.244. The molecule has 0 saturated heterocycles. The van der Waals surface area contributed by atoms with Gasteiger partial charge in [-0.3, -0.25) is 0 Å². The molecule has 0 aliphatic heterocycles.